The zero-order valence-corrected chi connectivity index (χ0v) is 28.4. The number of methoxy groups -OCH3 is 2. The lowest BCUT2D eigenvalue weighted by atomic mass is 9.96. The molecule has 2 heterocycles. The Labute approximate surface area is 278 Å². The Morgan fingerprint density at radius 2 is 1.64 bits per heavy atom. The monoisotopic (exact) mass is 656 g/mol. The maximum Gasteiger partial charge on any atom is 0.338 e. The Kier molecular flexibility index (Phi) is 10.8. The van der Waals surface area contributed by atoms with Crippen LogP contribution in [0, 0.1) is 0 Å². The highest BCUT2D eigenvalue weighted by molar-refractivity contribution is 7.07. The predicted octanol–water partition coefficient (Wildman–Crippen LogP) is 5.79. The minimum absolute atomic E-state index is 0.205. The van der Waals surface area contributed by atoms with Crippen LogP contribution >= 0.6 is 11.3 Å². The summed E-state index contributed by atoms with van der Waals surface area (Å²) in [4.78, 5) is 32.2. The van der Waals surface area contributed by atoms with Crippen molar-refractivity contribution in [2.45, 2.75) is 46.1 Å². The number of hydrogen-bond acceptors (Lipinski definition) is 9. The van der Waals surface area contributed by atoms with Crippen LogP contribution in [0.5, 0.6) is 23.0 Å². The van der Waals surface area contributed by atoms with E-state index in [9.17, 15) is 9.59 Å². The smallest absolute Gasteiger partial charge is 0.338 e. The summed E-state index contributed by atoms with van der Waals surface area (Å²) in [5.41, 5.74) is 3.35. The molecule has 10 heteroatoms. The van der Waals surface area contributed by atoms with Crippen molar-refractivity contribution in [1.29, 1.82) is 0 Å². The van der Waals surface area contributed by atoms with Gasteiger partial charge in [-0.2, -0.15) is 0 Å². The van der Waals surface area contributed by atoms with Gasteiger partial charge < -0.3 is 23.7 Å². The molecule has 0 bridgehead atoms. The third kappa shape index (κ3) is 7.44. The maximum atomic E-state index is 14.0. The lowest BCUT2D eigenvalue weighted by Crippen LogP contribution is -2.39. The van der Waals surface area contributed by atoms with Gasteiger partial charge in [-0.25, -0.2) is 9.79 Å². The fourth-order valence-electron chi connectivity index (χ4n) is 5.38. The molecule has 9 nitrogen and oxygen atoms in total. The number of allylic oxidation sites excluding steroid dienone is 1. The van der Waals surface area contributed by atoms with Crippen molar-refractivity contribution in [3.05, 3.63) is 114 Å². The molecule has 0 spiro atoms. The van der Waals surface area contributed by atoms with E-state index < -0.39 is 12.0 Å². The minimum atomic E-state index is -0.705. The van der Waals surface area contributed by atoms with Gasteiger partial charge in [0.05, 0.1) is 42.7 Å². The third-order valence-electron chi connectivity index (χ3n) is 8.11. The van der Waals surface area contributed by atoms with Gasteiger partial charge in [-0.3, -0.25) is 9.36 Å². The van der Waals surface area contributed by atoms with E-state index in [0.717, 1.165) is 23.3 Å². The van der Waals surface area contributed by atoms with Crippen LogP contribution in [0.4, 0.5) is 0 Å². The summed E-state index contributed by atoms with van der Waals surface area (Å²) < 4.78 is 30.2. The van der Waals surface area contributed by atoms with Gasteiger partial charge in [0, 0.05) is 0 Å². The molecule has 2 atom stereocenters. The molecule has 1 aromatic heterocycles. The average Bonchev–Trinajstić information content (AvgIpc) is 3.39. The van der Waals surface area contributed by atoms with E-state index in [1.54, 1.807) is 50.8 Å². The molecule has 0 unspecified atom stereocenters. The first-order valence-corrected chi connectivity index (χ1v) is 16.5. The number of aromatic nitrogens is 1. The Bertz CT molecular complexity index is 1930. The van der Waals surface area contributed by atoms with E-state index in [2.05, 4.69) is 31.0 Å². The molecule has 0 N–H and O–H groups in total. The largest absolute Gasteiger partial charge is 0.497 e. The van der Waals surface area contributed by atoms with Gasteiger partial charge in [0.25, 0.3) is 5.56 Å². The molecule has 0 radical (unpaired) electrons. The highest BCUT2D eigenvalue weighted by atomic mass is 32.1. The number of ether oxygens (including phenoxy) is 5. The molecule has 0 aliphatic carbocycles. The van der Waals surface area contributed by atoms with Crippen molar-refractivity contribution in [2.75, 3.05) is 34.0 Å². The van der Waals surface area contributed by atoms with Crippen molar-refractivity contribution in [3.8, 4) is 23.0 Å². The third-order valence-corrected chi connectivity index (χ3v) is 9.09. The quantitative estimate of drug-likeness (QED) is 0.133. The first-order valence-electron chi connectivity index (χ1n) is 15.6. The molecular weight excluding hydrogens is 616 g/mol. The van der Waals surface area contributed by atoms with Crippen LogP contribution in [0.1, 0.15) is 62.8 Å². The number of thiazole rings is 1. The standard InChI is InChI=1S/C37H40N2O7S/c1-7-23(3)26-10-16-29(17-11-26)45-19-20-46-30-18-9-25(21-31(30)43-6)22-32-35(40)39-34(27-12-14-28(42-5)15-13-27)33(36(41)44-8-2)24(4)38-37(39)47-32/h9-18,21-23,34H,7-8,19-20H2,1-6H3/b32-22-/t23-,34-/m0/s1. The Morgan fingerprint density at radius 3 is 2.30 bits per heavy atom. The molecule has 4 aromatic rings. The number of nitrogens with zero attached hydrogens (tertiary/aromatic N) is 2. The van der Waals surface area contributed by atoms with Gasteiger partial charge >= 0.3 is 5.97 Å². The number of hydrogen-bond donors (Lipinski definition) is 0. The van der Waals surface area contributed by atoms with E-state index in [1.807, 2.05) is 42.5 Å². The van der Waals surface area contributed by atoms with E-state index in [4.69, 9.17) is 23.7 Å². The van der Waals surface area contributed by atoms with Crippen LogP contribution < -0.4 is 33.8 Å². The number of carbonyl (C=O) groups is 1. The topological polar surface area (TPSA) is 97.6 Å². The number of benzene rings is 3. The molecular formula is C37H40N2O7S. The van der Waals surface area contributed by atoms with Crippen LogP contribution in [0.2, 0.25) is 0 Å². The van der Waals surface area contributed by atoms with Gasteiger partial charge in [0.15, 0.2) is 16.3 Å². The van der Waals surface area contributed by atoms with E-state index in [0.29, 0.717) is 57.0 Å². The minimum Gasteiger partial charge on any atom is -0.497 e. The van der Waals surface area contributed by atoms with Gasteiger partial charge in [-0.15, -0.1) is 0 Å². The molecule has 47 heavy (non-hydrogen) atoms. The lowest BCUT2D eigenvalue weighted by molar-refractivity contribution is -0.139. The molecule has 0 saturated heterocycles. The number of esters is 1. The van der Waals surface area contributed by atoms with E-state index in [1.165, 1.54) is 16.9 Å². The van der Waals surface area contributed by atoms with Crippen molar-refractivity contribution >= 4 is 23.4 Å². The number of carbonyl (C=O) groups excluding carboxylic acids is 1. The van der Waals surface area contributed by atoms with E-state index in [-0.39, 0.29) is 12.2 Å². The first kappa shape index (κ1) is 33.5. The average molecular weight is 657 g/mol. The van der Waals surface area contributed by atoms with Gasteiger partial charge in [0.1, 0.15) is 24.7 Å². The molecule has 1 aliphatic rings. The summed E-state index contributed by atoms with van der Waals surface area (Å²) in [7, 11) is 3.16. The predicted molar refractivity (Wildman–Crippen MR) is 183 cm³/mol. The van der Waals surface area contributed by atoms with Crippen LogP contribution in [0.15, 0.2) is 87.8 Å². The maximum absolute atomic E-state index is 14.0. The fraction of sp³-hybridized carbons (Fsp3) is 0.324. The SMILES string of the molecule is CCOC(=O)C1=C(C)N=c2s/c(=C\c3ccc(OCCOc4ccc([C@@H](C)CC)cc4)c(OC)c3)c(=O)n2[C@H]1c1ccc(OC)cc1. The molecule has 246 valence electrons. The Hall–Kier alpha value is -4.83. The first-order chi connectivity index (χ1) is 22.8. The van der Waals surface area contributed by atoms with Gasteiger partial charge in [-0.05, 0) is 85.4 Å². The highest BCUT2D eigenvalue weighted by Gasteiger charge is 2.33. The van der Waals surface area contributed by atoms with E-state index >= 15 is 0 Å². The van der Waals surface area contributed by atoms with Crippen LogP contribution in [0.25, 0.3) is 6.08 Å². The molecule has 1 aliphatic heterocycles. The van der Waals surface area contributed by atoms with Gasteiger partial charge in [0.2, 0.25) is 0 Å². The van der Waals surface area contributed by atoms with Crippen LogP contribution in [-0.4, -0.2) is 44.6 Å². The Balaban J connectivity index is 1.38. The molecule has 0 amide bonds. The normalized spacial score (nSPS) is 15.0. The van der Waals surface area contributed by atoms with Crippen LogP contribution in [0.3, 0.4) is 0 Å². The highest BCUT2D eigenvalue weighted by Crippen LogP contribution is 2.32. The number of fused-ring (bicyclic) bond motifs is 1. The second kappa shape index (κ2) is 15.2. The van der Waals surface area contributed by atoms with Gasteiger partial charge in [-0.1, -0.05) is 55.5 Å². The van der Waals surface area contributed by atoms with Crippen molar-refractivity contribution < 1.29 is 28.5 Å². The summed E-state index contributed by atoms with van der Waals surface area (Å²) in [6, 6.07) is 20.2. The second-order valence-electron chi connectivity index (χ2n) is 11.1. The summed E-state index contributed by atoms with van der Waals surface area (Å²) >= 11 is 1.26. The zero-order chi connectivity index (χ0) is 33.5. The van der Waals surface area contributed by atoms with Crippen molar-refractivity contribution in [2.24, 2.45) is 4.99 Å². The summed E-state index contributed by atoms with van der Waals surface area (Å²) in [5, 5.41) is 0. The Morgan fingerprint density at radius 1 is 0.936 bits per heavy atom. The summed E-state index contributed by atoms with van der Waals surface area (Å²) in [6.07, 6.45) is 2.88. The summed E-state index contributed by atoms with van der Waals surface area (Å²) in [6.45, 7) is 8.80. The fourth-order valence-corrected chi connectivity index (χ4v) is 6.42. The van der Waals surface area contributed by atoms with Crippen molar-refractivity contribution in [3.63, 3.8) is 0 Å². The molecule has 0 saturated carbocycles. The second-order valence-corrected chi connectivity index (χ2v) is 12.1. The number of rotatable bonds is 13. The van der Waals surface area contributed by atoms with Crippen molar-refractivity contribution in [1.82, 2.24) is 4.57 Å². The molecule has 5 rings (SSSR count). The molecule has 3 aromatic carbocycles. The van der Waals surface area contributed by atoms with Crippen LogP contribution in [-0.2, 0) is 9.53 Å². The molecule has 0 fully saturated rings. The summed E-state index contributed by atoms with van der Waals surface area (Å²) in [5.74, 6) is 2.57. The lowest BCUT2D eigenvalue weighted by Gasteiger charge is -2.24. The zero-order valence-electron chi connectivity index (χ0n) is 27.6.